The Balaban J connectivity index is 1.31. The van der Waals surface area contributed by atoms with Crippen LogP contribution in [0.2, 0.25) is 0 Å². The number of ether oxygens (including phenoxy) is 2. The van der Waals surface area contributed by atoms with Gasteiger partial charge in [-0.05, 0) is 55.3 Å². The Labute approximate surface area is 215 Å². The van der Waals surface area contributed by atoms with Crippen molar-refractivity contribution in [3.8, 4) is 16.3 Å². The molecule has 4 rings (SSSR count). The van der Waals surface area contributed by atoms with Gasteiger partial charge in [0.1, 0.15) is 16.9 Å². The fourth-order valence-corrected chi connectivity index (χ4v) is 4.77. The topological polar surface area (TPSA) is 77.5 Å². The highest BCUT2D eigenvalue weighted by Crippen LogP contribution is 2.30. The van der Waals surface area contributed by atoms with Crippen molar-refractivity contribution in [3.63, 3.8) is 0 Å². The minimum absolute atomic E-state index is 0.0163. The normalized spacial score (nSPS) is 11.7. The number of aromatic nitrogens is 1. The zero-order chi connectivity index (χ0) is 25.3. The Morgan fingerprint density at radius 2 is 1.72 bits per heavy atom. The summed E-state index contributed by atoms with van der Waals surface area (Å²) in [5.74, 6) is 0.167. The first-order chi connectivity index (χ1) is 17.6. The Morgan fingerprint density at radius 1 is 0.972 bits per heavy atom. The summed E-state index contributed by atoms with van der Waals surface area (Å²) < 4.78 is 12.2. The second-order valence-electron chi connectivity index (χ2n) is 8.37. The number of rotatable bonds is 11. The summed E-state index contributed by atoms with van der Waals surface area (Å²) >= 11 is 1.70. The van der Waals surface area contributed by atoms with E-state index in [1.54, 1.807) is 42.5 Å². The molecule has 1 N–H and O–H groups in total. The van der Waals surface area contributed by atoms with Crippen molar-refractivity contribution in [2.45, 2.75) is 39.2 Å². The molecule has 0 saturated carbocycles. The quantitative estimate of drug-likeness (QED) is 0.253. The number of para-hydroxylation sites is 1. The second kappa shape index (κ2) is 12.3. The van der Waals surface area contributed by atoms with Crippen LogP contribution in [0.25, 0.3) is 20.8 Å². The number of fused-ring (bicyclic) bond motifs is 1. The third-order valence-electron chi connectivity index (χ3n) is 5.75. The fraction of sp³-hybridized carbons (Fsp3) is 0.276. The van der Waals surface area contributed by atoms with Gasteiger partial charge in [0, 0.05) is 24.1 Å². The first-order valence-corrected chi connectivity index (χ1v) is 13.0. The molecule has 3 aromatic carbocycles. The predicted octanol–water partition coefficient (Wildman–Crippen LogP) is 6.05. The van der Waals surface area contributed by atoms with Gasteiger partial charge in [0.25, 0.3) is 5.91 Å². The van der Waals surface area contributed by atoms with E-state index in [1.165, 1.54) is 10.3 Å². The molecule has 0 spiro atoms. The van der Waals surface area contributed by atoms with E-state index in [1.807, 2.05) is 18.2 Å². The second-order valence-corrected chi connectivity index (χ2v) is 9.40. The Kier molecular flexibility index (Phi) is 8.68. The highest BCUT2D eigenvalue weighted by Gasteiger charge is 2.12. The van der Waals surface area contributed by atoms with Gasteiger partial charge in [0.2, 0.25) is 0 Å². The third kappa shape index (κ3) is 6.70. The van der Waals surface area contributed by atoms with Crippen LogP contribution < -0.4 is 10.1 Å². The molecule has 0 aliphatic carbocycles. The number of thiazole rings is 1. The van der Waals surface area contributed by atoms with Gasteiger partial charge in [-0.25, -0.2) is 4.98 Å². The summed E-state index contributed by atoms with van der Waals surface area (Å²) in [6, 6.07) is 23.8. The average Bonchev–Trinajstić information content (AvgIpc) is 3.33. The van der Waals surface area contributed by atoms with E-state index in [0.717, 1.165) is 34.7 Å². The molecule has 6 nitrogen and oxygen atoms in total. The van der Waals surface area contributed by atoms with Crippen LogP contribution in [-0.2, 0) is 16.0 Å². The maximum absolute atomic E-state index is 12.3. The van der Waals surface area contributed by atoms with Crippen molar-refractivity contribution in [2.24, 2.45) is 0 Å². The Morgan fingerprint density at radius 3 is 2.42 bits per heavy atom. The van der Waals surface area contributed by atoms with Crippen molar-refractivity contribution in [2.75, 3.05) is 13.2 Å². The van der Waals surface area contributed by atoms with E-state index >= 15 is 0 Å². The van der Waals surface area contributed by atoms with Gasteiger partial charge in [-0.1, -0.05) is 43.3 Å². The number of esters is 1. The van der Waals surface area contributed by atoms with Crippen molar-refractivity contribution in [1.82, 2.24) is 10.3 Å². The molecule has 0 aliphatic heterocycles. The van der Waals surface area contributed by atoms with Crippen LogP contribution in [0.5, 0.6) is 5.75 Å². The van der Waals surface area contributed by atoms with Crippen LogP contribution in [0.3, 0.4) is 0 Å². The fourth-order valence-electron chi connectivity index (χ4n) is 3.80. The summed E-state index contributed by atoms with van der Waals surface area (Å²) in [5.41, 5.74) is 3.86. The van der Waals surface area contributed by atoms with E-state index in [4.69, 9.17) is 14.5 Å². The number of nitrogens with zero attached hydrogens (tertiary/aromatic N) is 1. The zero-order valence-corrected chi connectivity index (χ0v) is 21.3. The number of nitrogens with one attached hydrogen (secondary N) is 1. The van der Waals surface area contributed by atoms with Gasteiger partial charge in [0.05, 0.1) is 23.2 Å². The molecule has 1 atom stereocenters. The largest absolute Gasteiger partial charge is 0.490 e. The van der Waals surface area contributed by atoms with Crippen molar-refractivity contribution in [1.29, 1.82) is 0 Å². The average molecular weight is 503 g/mol. The molecule has 1 heterocycles. The number of carbonyl (C=O) groups is 2. The first kappa shape index (κ1) is 25.4. The van der Waals surface area contributed by atoms with Gasteiger partial charge in [-0.3, -0.25) is 9.59 Å². The highest BCUT2D eigenvalue weighted by molar-refractivity contribution is 7.21. The molecular weight excluding hydrogens is 472 g/mol. The van der Waals surface area contributed by atoms with Gasteiger partial charge in [-0.15, -0.1) is 11.3 Å². The first-order valence-electron chi connectivity index (χ1n) is 12.2. The summed E-state index contributed by atoms with van der Waals surface area (Å²) in [4.78, 5) is 28.4. The molecule has 36 heavy (non-hydrogen) atoms. The Bertz CT molecular complexity index is 1270. The molecule has 0 aliphatic rings. The maximum atomic E-state index is 12.3. The number of hydrogen-bond acceptors (Lipinski definition) is 6. The van der Waals surface area contributed by atoms with Gasteiger partial charge in [0.15, 0.2) is 0 Å². The lowest BCUT2D eigenvalue weighted by Crippen LogP contribution is -2.26. The van der Waals surface area contributed by atoms with E-state index in [2.05, 4.69) is 42.6 Å². The maximum Gasteiger partial charge on any atom is 0.307 e. The van der Waals surface area contributed by atoms with Crippen LogP contribution in [0.15, 0.2) is 72.8 Å². The summed E-state index contributed by atoms with van der Waals surface area (Å²) in [6.45, 7) is 4.43. The van der Waals surface area contributed by atoms with Crippen LogP contribution in [0.4, 0.5) is 0 Å². The van der Waals surface area contributed by atoms with E-state index < -0.39 is 0 Å². The van der Waals surface area contributed by atoms with Crippen LogP contribution in [-0.4, -0.2) is 36.1 Å². The molecule has 186 valence electrons. The molecule has 0 saturated heterocycles. The summed E-state index contributed by atoms with van der Waals surface area (Å²) in [7, 11) is 0. The highest BCUT2D eigenvalue weighted by atomic mass is 32.1. The lowest BCUT2D eigenvalue weighted by Gasteiger charge is -2.18. The summed E-state index contributed by atoms with van der Waals surface area (Å²) in [6.07, 6.45) is 1.81. The number of hydrogen-bond donors (Lipinski definition) is 1. The van der Waals surface area contributed by atoms with Crippen molar-refractivity contribution >= 4 is 33.4 Å². The predicted molar refractivity (Wildman–Crippen MR) is 143 cm³/mol. The number of carbonyl (C=O) groups excluding carboxylic acids is 2. The lowest BCUT2D eigenvalue weighted by molar-refractivity contribution is -0.142. The standard InChI is InChI=1S/C29H30N2O4S/c1-3-23(35-24-15-13-21(14-16-24)28(33)30-18-17-27(32)34-4-2)19-20-9-11-22(12-10-20)29-31-25-7-5-6-8-26(25)36-29/h5-16,23H,3-4,17-19H2,1-2H3,(H,30,33). The van der Waals surface area contributed by atoms with Gasteiger partial charge < -0.3 is 14.8 Å². The molecule has 1 unspecified atom stereocenters. The van der Waals surface area contributed by atoms with E-state index in [0.29, 0.717) is 12.2 Å². The minimum atomic E-state index is -0.321. The minimum Gasteiger partial charge on any atom is -0.490 e. The molecule has 1 amide bonds. The lowest BCUT2D eigenvalue weighted by atomic mass is 10.0. The number of benzene rings is 3. The van der Waals surface area contributed by atoms with Crippen LogP contribution in [0, 0.1) is 0 Å². The zero-order valence-electron chi connectivity index (χ0n) is 20.5. The van der Waals surface area contributed by atoms with E-state index in [9.17, 15) is 9.59 Å². The van der Waals surface area contributed by atoms with E-state index in [-0.39, 0.29) is 30.9 Å². The molecule has 0 bridgehead atoms. The smallest absolute Gasteiger partial charge is 0.307 e. The molecule has 1 aromatic heterocycles. The van der Waals surface area contributed by atoms with Crippen molar-refractivity contribution < 1.29 is 19.1 Å². The van der Waals surface area contributed by atoms with Gasteiger partial charge in [-0.2, -0.15) is 0 Å². The third-order valence-corrected chi connectivity index (χ3v) is 6.84. The molecule has 7 heteroatoms. The van der Waals surface area contributed by atoms with Crippen molar-refractivity contribution in [3.05, 3.63) is 83.9 Å². The Hall–Kier alpha value is -3.71. The molecule has 4 aromatic rings. The van der Waals surface area contributed by atoms with Crippen LogP contribution >= 0.6 is 11.3 Å². The molecular formula is C29H30N2O4S. The van der Waals surface area contributed by atoms with Gasteiger partial charge >= 0.3 is 5.97 Å². The number of amides is 1. The molecule has 0 radical (unpaired) electrons. The summed E-state index contributed by atoms with van der Waals surface area (Å²) in [5, 5.41) is 3.76. The van der Waals surface area contributed by atoms with Crippen LogP contribution in [0.1, 0.15) is 42.6 Å². The SMILES string of the molecule is CCOC(=O)CCNC(=O)c1ccc(OC(CC)Cc2ccc(-c3nc4ccccc4s3)cc2)cc1. The molecule has 0 fully saturated rings. The monoisotopic (exact) mass is 502 g/mol.